The van der Waals surface area contributed by atoms with Crippen molar-refractivity contribution in [2.45, 2.75) is 33.6 Å². The third kappa shape index (κ3) is 1.33. The molecule has 4 heteroatoms. The molecule has 0 spiro atoms. The van der Waals surface area contributed by atoms with Crippen LogP contribution in [0.2, 0.25) is 0 Å². The number of fused-ring (bicyclic) bond motifs is 2. The van der Waals surface area contributed by atoms with E-state index in [4.69, 9.17) is 4.74 Å². The molecule has 0 amide bonds. The smallest absolute Gasteiger partial charge is 0.319 e. The summed E-state index contributed by atoms with van der Waals surface area (Å²) in [7, 11) is 1.30. The van der Waals surface area contributed by atoms with E-state index in [2.05, 4.69) is 0 Å². The van der Waals surface area contributed by atoms with E-state index >= 15 is 0 Å². The van der Waals surface area contributed by atoms with Crippen LogP contribution in [-0.2, 0) is 19.1 Å². The van der Waals surface area contributed by atoms with Crippen molar-refractivity contribution in [3.8, 4) is 0 Å². The molecule has 2 rings (SSSR count). The Labute approximate surface area is 101 Å². The molecule has 1 unspecified atom stereocenters. The quantitative estimate of drug-likeness (QED) is 0.511. The van der Waals surface area contributed by atoms with Gasteiger partial charge < -0.3 is 4.74 Å². The average molecular weight is 238 g/mol. The van der Waals surface area contributed by atoms with Crippen molar-refractivity contribution in [3.05, 3.63) is 0 Å². The minimum Gasteiger partial charge on any atom is -0.468 e. The van der Waals surface area contributed by atoms with Gasteiger partial charge in [0.05, 0.1) is 13.0 Å². The van der Waals surface area contributed by atoms with Crippen molar-refractivity contribution < 1.29 is 19.1 Å². The molecule has 2 bridgehead atoms. The van der Waals surface area contributed by atoms with Crippen LogP contribution in [0.1, 0.15) is 33.6 Å². The summed E-state index contributed by atoms with van der Waals surface area (Å²) in [6.45, 7) is 5.57. The monoisotopic (exact) mass is 238 g/mol. The standard InChI is InChI=1S/C13H18O4/c1-7-5-8(14)9-10(15)13(7,11(16)17-4)6-12(9,2)3/h7,9H,5-6H2,1-4H3/t7-,9?,13-/m1/s1. The van der Waals surface area contributed by atoms with Gasteiger partial charge >= 0.3 is 5.97 Å². The van der Waals surface area contributed by atoms with Gasteiger partial charge in [0, 0.05) is 6.42 Å². The number of carbonyl (C=O) groups excluding carboxylic acids is 3. The lowest BCUT2D eigenvalue weighted by atomic mass is 9.67. The number of methoxy groups -OCH3 is 1. The number of ketones is 2. The fraction of sp³-hybridized carbons (Fsp3) is 0.769. The van der Waals surface area contributed by atoms with Crippen LogP contribution in [0.3, 0.4) is 0 Å². The third-order valence-electron chi connectivity index (χ3n) is 4.44. The first-order chi connectivity index (χ1) is 7.77. The lowest BCUT2D eigenvalue weighted by Crippen LogP contribution is -2.49. The molecule has 0 aromatic heterocycles. The maximum atomic E-state index is 12.4. The Morgan fingerprint density at radius 3 is 2.47 bits per heavy atom. The SMILES string of the molecule is COC(=O)[C@]12CC(C)(C)C(C(=O)C[C@H]1C)C2=O. The predicted octanol–water partition coefficient (Wildman–Crippen LogP) is 1.37. The number of Topliss-reactive ketones (excluding diaryl/α,β-unsaturated/α-hetero) is 2. The van der Waals surface area contributed by atoms with Gasteiger partial charge in [-0.3, -0.25) is 14.4 Å². The van der Waals surface area contributed by atoms with Crippen LogP contribution in [-0.4, -0.2) is 24.6 Å². The summed E-state index contributed by atoms with van der Waals surface area (Å²) in [5.41, 5.74) is -1.52. The first-order valence-electron chi connectivity index (χ1n) is 5.93. The van der Waals surface area contributed by atoms with Gasteiger partial charge in [-0.05, 0) is 17.8 Å². The molecule has 2 saturated carbocycles. The van der Waals surface area contributed by atoms with Gasteiger partial charge in [0.1, 0.15) is 11.2 Å². The fourth-order valence-electron chi connectivity index (χ4n) is 3.67. The van der Waals surface area contributed by atoms with Crippen LogP contribution in [0, 0.1) is 22.7 Å². The molecule has 2 aliphatic rings. The molecule has 0 aromatic rings. The first-order valence-corrected chi connectivity index (χ1v) is 5.93. The van der Waals surface area contributed by atoms with Crippen LogP contribution < -0.4 is 0 Å². The summed E-state index contributed by atoms with van der Waals surface area (Å²) in [5.74, 6) is -1.61. The second-order valence-corrected chi connectivity index (χ2v) is 6.00. The molecule has 17 heavy (non-hydrogen) atoms. The van der Waals surface area contributed by atoms with E-state index in [9.17, 15) is 14.4 Å². The van der Waals surface area contributed by atoms with E-state index in [0.717, 1.165) is 0 Å². The van der Waals surface area contributed by atoms with Gasteiger partial charge in [-0.15, -0.1) is 0 Å². The summed E-state index contributed by atoms with van der Waals surface area (Å²) < 4.78 is 4.81. The minimum atomic E-state index is -1.09. The van der Waals surface area contributed by atoms with Gasteiger partial charge in [0.2, 0.25) is 0 Å². The Balaban J connectivity index is 2.57. The van der Waals surface area contributed by atoms with Crippen molar-refractivity contribution in [1.29, 1.82) is 0 Å². The van der Waals surface area contributed by atoms with Crippen LogP contribution in [0.25, 0.3) is 0 Å². The molecule has 0 aromatic carbocycles. The largest absolute Gasteiger partial charge is 0.468 e. The summed E-state index contributed by atoms with van der Waals surface area (Å²) in [4.78, 5) is 36.4. The van der Waals surface area contributed by atoms with Crippen LogP contribution in [0.15, 0.2) is 0 Å². The maximum Gasteiger partial charge on any atom is 0.319 e. The highest BCUT2D eigenvalue weighted by atomic mass is 16.5. The molecule has 94 valence electrons. The molecule has 2 aliphatic carbocycles. The van der Waals surface area contributed by atoms with Crippen LogP contribution in [0.4, 0.5) is 0 Å². The Kier molecular flexibility index (Phi) is 2.46. The number of esters is 1. The molecule has 0 N–H and O–H groups in total. The molecule has 4 nitrogen and oxygen atoms in total. The average Bonchev–Trinajstić information content (AvgIpc) is 2.39. The lowest BCUT2D eigenvalue weighted by Gasteiger charge is -2.34. The molecule has 0 saturated heterocycles. The van der Waals surface area contributed by atoms with E-state index < -0.39 is 22.7 Å². The van der Waals surface area contributed by atoms with Gasteiger partial charge in [-0.1, -0.05) is 20.8 Å². The Morgan fingerprint density at radius 1 is 1.35 bits per heavy atom. The van der Waals surface area contributed by atoms with Gasteiger partial charge in [0.25, 0.3) is 0 Å². The molecule has 3 atom stereocenters. The molecule has 0 radical (unpaired) electrons. The molecular weight excluding hydrogens is 220 g/mol. The summed E-state index contributed by atoms with van der Waals surface area (Å²) in [5, 5.41) is 0. The third-order valence-corrected chi connectivity index (χ3v) is 4.44. The minimum absolute atomic E-state index is 0.0236. The normalized spacial score (nSPS) is 39.3. The van der Waals surface area contributed by atoms with E-state index in [-0.39, 0.29) is 17.5 Å². The lowest BCUT2D eigenvalue weighted by molar-refractivity contribution is -0.163. The zero-order valence-electron chi connectivity index (χ0n) is 10.7. The highest BCUT2D eigenvalue weighted by Gasteiger charge is 2.68. The van der Waals surface area contributed by atoms with Crippen LogP contribution >= 0.6 is 0 Å². The second-order valence-electron chi connectivity index (χ2n) is 6.00. The molecule has 2 fully saturated rings. The highest BCUT2D eigenvalue weighted by molar-refractivity contribution is 6.18. The zero-order valence-corrected chi connectivity index (χ0v) is 10.7. The molecule has 0 aliphatic heterocycles. The van der Waals surface area contributed by atoms with Gasteiger partial charge in [-0.25, -0.2) is 0 Å². The highest BCUT2D eigenvalue weighted by Crippen LogP contribution is 2.59. The number of carbonyl (C=O) groups is 3. The number of hydrogen-bond acceptors (Lipinski definition) is 4. The van der Waals surface area contributed by atoms with Crippen molar-refractivity contribution in [3.63, 3.8) is 0 Å². The van der Waals surface area contributed by atoms with Crippen molar-refractivity contribution >= 4 is 17.5 Å². The zero-order chi connectivity index (χ0) is 13.0. The van der Waals surface area contributed by atoms with E-state index in [1.54, 1.807) is 6.92 Å². The molecule has 0 heterocycles. The number of rotatable bonds is 1. The fourth-order valence-corrected chi connectivity index (χ4v) is 3.67. The van der Waals surface area contributed by atoms with Crippen LogP contribution in [0.5, 0.6) is 0 Å². The van der Waals surface area contributed by atoms with Crippen molar-refractivity contribution in [2.75, 3.05) is 7.11 Å². The van der Waals surface area contributed by atoms with Gasteiger partial charge in [-0.2, -0.15) is 0 Å². The maximum absolute atomic E-state index is 12.4. The summed E-state index contributed by atoms with van der Waals surface area (Å²) in [6, 6.07) is 0. The predicted molar refractivity (Wildman–Crippen MR) is 60.1 cm³/mol. The van der Waals surface area contributed by atoms with Crippen molar-refractivity contribution in [2.24, 2.45) is 22.7 Å². The van der Waals surface area contributed by atoms with E-state index in [1.165, 1.54) is 7.11 Å². The Hall–Kier alpha value is -1.19. The van der Waals surface area contributed by atoms with E-state index in [1.807, 2.05) is 13.8 Å². The number of ether oxygens (including phenoxy) is 1. The summed E-state index contributed by atoms with van der Waals surface area (Å²) in [6.07, 6.45) is 0.720. The van der Waals surface area contributed by atoms with Crippen molar-refractivity contribution in [1.82, 2.24) is 0 Å². The van der Waals surface area contributed by atoms with E-state index in [0.29, 0.717) is 12.8 Å². The Bertz CT molecular complexity index is 410. The number of hydrogen-bond donors (Lipinski definition) is 0. The summed E-state index contributed by atoms with van der Waals surface area (Å²) >= 11 is 0. The Morgan fingerprint density at radius 2 is 1.94 bits per heavy atom. The second kappa shape index (κ2) is 3.40. The van der Waals surface area contributed by atoms with Gasteiger partial charge in [0.15, 0.2) is 5.78 Å². The first kappa shape index (κ1) is 12.3. The topological polar surface area (TPSA) is 60.4 Å². The molecular formula is C13H18O4.